The summed E-state index contributed by atoms with van der Waals surface area (Å²) in [5, 5.41) is 18.7. The van der Waals surface area contributed by atoms with E-state index < -0.39 is 24.3 Å². The maximum Gasteiger partial charge on any atom is 0.303 e. The maximum atomic E-state index is 10.5. The highest BCUT2D eigenvalue weighted by atomic mass is 35.5. The second kappa shape index (κ2) is 7.47. The van der Waals surface area contributed by atoms with Gasteiger partial charge in [0.05, 0.1) is 25.3 Å². The quantitative estimate of drug-likeness (QED) is 0.576. The predicted octanol–water partition coefficient (Wildman–Crippen LogP) is 0.761. The van der Waals surface area contributed by atoms with Gasteiger partial charge >= 0.3 is 5.97 Å². The lowest BCUT2D eigenvalue weighted by Gasteiger charge is -2.15. The molecule has 4 heterocycles. The molecule has 0 radical (unpaired) electrons. The number of fused-ring (bicyclic) bond motifs is 2. The van der Waals surface area contributed by atoms with Crippen LogP contribution in [-0.2, 0) is 14.3 Å². The molecule has 0 aromatic carbocycles. The first-order chi connectivity index (χ1) is 13.0. The number of nitrogens with zero attached hydrogens (tertiary/aromatic N) is 2. The molecule has 2 aromatic rings. The fraction of sp³-hybridized carbons (Fsp3) is 0.562. The Hall–Kier alpha value is -2.14. The van der Waals surface area contributed by atoms with Crippen molar-refractivity contribution < 1.29 is 34.0 Å². The van der Waals surface area contributed by atoms with E-state index in [1.54, 1.807) is 6.07 Å². The smallest absolute Gasteiger partial charge is 0.303 e. The number of nitrogens with one attached hydrogen (secondary N) is 1. The monoisotopic (exact) mass is 399 g/mol. The van der Waals surface area contributed by atoms with Gasteiger partial charge in [-0.15, -0.1) is 0 Å². The molecular formula is C16H18ClN3O7. The number of carbonyl (C=O) groups is 1. The van der Waals surface area contributed by atoms with Crippen molar-refractivity contribution in [2.24, 2.45) is 0 Å². The Morgan fingerprint density at radius 1 is 1.33 bits per heavy atom. The molecule has 11 heteroatoms. The summed E-state index contributed by atoms with van der Waals surface area (Å²) in [5.41, 5.74) is 0.918. The first-order valence-electron chi connectivity index (χ1n) is 8.50. The summed E-state index contributed by atoms with van der Waals surface area (Å²) in [6.07, 6.45) is -1.44. The number of aliphatic hydroxyl groups excluding tert-OH is 1. The molecule has 4 rings (SSSR count). The van der Waals surface area contributed by atoms with E-state index in [-0.39, 0.29) is 49.3 Å². The van der Waals surface area contributed by atoms with Gasteiger partial charge in [-0.25, -0.2) is 0 Å². The Balaban J connectivity index is 1.44. The third-order valence-electron chi connectivity index (χ3n) is 4.39. The van der Waals surface area contributed by atoms with Gasteiger partial charge in [-0.1, -0.05) is 11.6 Å². The summed E-state index contributed by atoms with van der Waals surface area (Å²) < 4.78 is 22.3. The average molecular weight is 400 g/mol. The fourth-order valence-electron chi connectivity index (χ4n) is 3.12. The van der Waals surface area contributed by atoms with Gasteiger partial charge in [0.1, 0.15) is 23.3 Å². The molecule has 2 aliphatic heterocycles. The zero-order chi connectivity index (χ0) is 19.0. The molecule has 0 bridgehead atoms. The van der Waals surface area contributed by atoms with Crippen LogP contribution in [0.1, 0.15) is 12.8 Å². The molecule has 0 amide bonds. The van der Waals surface area contributed by atoms with E-state index in [0.717, 1.165) is 0 Å². The number of hydrogen-bond acceptors (Lipinski definition) is 8. The normalized spacial score (nSPS) is 27.0. The Labute approximate surface area is 158 Å². The van der Waals surface area contributed by atoms with Crippen LogP contribution in [0.25, 0.3) is 11.2 Å². The number of imidazole rings is 1. The second-order valence-corrected chi connectivity index (χ2v) is 6.76. The summed E-state index contributed by atoms with van der Waals surface area (Å²) in [4.78, 5) is 22.0. The van der Waals surface area contributed by atoms with Crippen LogP contribution in [0, 0.1) is 0 Å². The fourth-order valence-corrected chi connectivity index (χ4v) is 3.32. The summed E-state index contributed by atoms with van der Waals surface area (Å²) in [7, 11) is 0. The van der Waals surface area contributed by atoms with Crippen molar-refractivity contribution in [2.75, 3.05) is 19.8 Å². The third-order valence-corrected chi connectivity index (χ3v) is 4.66. The van der Waals surface area contributed by atoms with Crippen LogP contribution in [-0.4, -0.2) is 75.4 Å². The van der Waals surface area contributed by atoms with Crippen LogP contribution in [0.5, 0.6) is 11.9 Å². The number of aliphatic hydroxyl groups is 1. The van der Waals surface area contributed by atoms with Crippen molar-refractivity contribution in [3.05, 3.63) is 11.1 Å². The molecule has 10 nitrogen and oxygen atoms in total. The Morgan fingerprint density at radius 3 is 2.96 bits per heavy atom. The molecule has 1 unspecified atom stereocenters. The van der Waals surface area contributed by atoms with Gasteiger partial charge in [0.2, 0.25) is 5.88 Å². The van der Waals surface area contributed by atoms with Gasteiger partial charge in [-0.2, -0.15) is 9.97 Å². The van der Waals surface area contributed by atoms with Crippen molar-refractivity contribution >= 4 is 28.7 Å². The highest BCUT2D eigenvalue weighted by Gasteiger charge is 2.48. The maximum absolute atomic E-state index is 10.5. The van der Waals surface area contributed by atoms with Crippen LogP contribution in [0.2, 0.25) is 5.02 Å². The number of H-pyrrole nitrogens is 1. The molecule has 0 spiro atoms. The number of rotatable bonds is 7. The first kappa shape index (κ1) is 18.2. The van der Waals surface area contributed by atoms with E-state index in [9.17, 15) is 9.90 Å². The third kappa shape index (κ3) is 3.79. The van der Waals surface area contributed by atoms with Gasteiger partial charge in [0.25, 0.3) is 6.01 Å². The summed E-state index contributed by atoms with van der Waals surface area (Å²) in [6.45, 7) is 0.686. The lowest BCUT2D eigenvalue weighted by atomic mass is 10.1. The van der Waals surface area contributed by atoms with Gasteiger partial charge in [-0.3, -0.25) is 4.79 Å². The van der Waals surface area contributed by atoms with Gasteiger partial charge in [-0.05, 0) is 12.5 Å². The number of pyridine rings is 1. The SMILES string of the molecule is O=C(O)CCCOc1nc2nc(O[C@@H]3COC4[C@H](O)CO[C@@H]43)[nH]c2cc1Cl. The van der Waals surface area contributed by atoms with E-state index in [4.69, 9.17) is 35.7 Å². The van der Waals surface area contributed by atoms with Crippen molar-refractivity contribution in [1.29, 1.82) is 0 Å². The van der Waals surface area contributed by atoms with Crippen molar-refractivity contribution in [1.82, 2.24) is 15.0 Å². The Morgan fingerprint density at radius 2 is 2.15 bits per heavy atom. The molecule has 3 N–H and O–H groups in total. The summed E-state index contributed by atoms with van der Waals surface area (Å²) in [5.74, 6) is -0.710. The molecule has 2 aromatic heterocycles. The minimum absolute atomic E-state index is 0.00262. The van der Waals surface area contributed by atoms with Crippen LogP contribution in [0.15, 0.2) is 6.07 Å². The van der Waals surface area contributed by atoms with Gasteiger partial charge in [0.15, 0.2) is 11.8 Å². The molecule has 0 aliphatic carbocycles. The number of aromatic amines is 1. The predicted molar refractivity (Wildman–Crippen MR) is 91.2 cm³/mol. The molecule has 2 aliphatic rings. The van der Waals surface area contributed by atoms with Crippen LogP contribution < -0.4 is 9.47 Å². The molecule has 146 valence electrons. The number of carboxylic acid groups (broad SMARTS) is 1. The van der Waals surface area contributed by atoms with Crippen molar-refractivity contribution in [3.8, 4) is 11.9 Å². The van der Waals surface area contributed by atoms with E-state index in [0.29, 0.717) is 17.6 Å². The van der Waals surface area contributed by atoms with E-state index in [2.05, 4.69) is 15.0 Å². The number of aromatic nitrogens is 3. The number of halogens is 1. The van der Waals surface area contributed by atoms with E-state index >= 15 is 0 Å². The van der Waals surface area contributed by atoms with Gasteiger partial charge < -0.3 is 34.1 Å². The first-order valence-corrected chi connectivity index (χ1v) is 8.88. The average Bonchev–Trinajstić information content (AvgIpc) is 3.29. The molecule has 2 fully saturated rings. The topological polar surface area (TPSA) is 136 Å². The summed E-state index contributed by atoms with van der Waals surface area (Å²) >= 11 is 6.15. The second-order valence-electron chi connectivity index (χ2n) is 6.35. The number of aliphatic carboxylic acids is 1. The van der Waals surface area contributed by atoms with E-state index in [1.165, 1.54) is 0 Å². The highest BCUT2D eigenvalue weighted by molar-refractivity contribution is 6.32. The standard InChI is InChI=1S/C16H18ClN3O7/c17-7-4-8-14(19-15(7)24-3-1-2-11(22)23)20-16(18-8)27-10-6-26-12-9(21)5-25-13(10)12/h4,9-10,12-13,21H,1-3,5-6H2,(H,22,23)(H,18,19,20)/t9-,10-,12?,13-/m1/s1. The molecule has 27 heavy (non-hydrogen) atoms. The van der Waals surface area contributed by atoms with Crippen LogP contribution >= 0.6 is 11.6 Å². The zero-order valence-corrected chi connectivity index (χ0v) is 14.9. The zero-order valence-electron chi connectivity index (χ0n) is 14.1. The highest BCUT2D eigenvalue weighted by Crippen LogP contribution is 2.31. The lowest BCUT2D eigenvalue weighted by molar-refractivity contribution is -0.137. The molecule has 4 atom stereocenters. The van der Waals surface area contributed by atoms with E-state index in [1.807, 2.05) is 0 Å². The molecule has 0 saturated carbocycles. The number of carboxylic acids is 1. The molecule has 2 saturated heterocycles. The Bertz CT molecular complexity index is 845. The van der Waals surface area contributed by atoms with Crippen LogP contribution in [0.4, 0.5) is 0 Å². The van der Waals surface area contributed by atoms with Gasteiger partial charge in [0, 0.05) is 6.42 Å². The van der Waals surface area contributed by atoms with Crippen molar-refractivity contribution in [3.63, 3.8) is 0 Å². The Kier molecular flexibility index (Phi) is 5.04. The minimum atomic E-state index is -0.890. The molecular weight excluding hydrogens is 382 g/mol. The summed E-state index contributed by atoms with van der Waals surface area (Å²) in [6, 6.07) is 1.84. The largest absolute Gasteiger partial charge is 0.481 e. The number of hydrogen-bond donors (Lipinski definition) is 3. The van der Waals surface area contributed by atoms with Crippen LogP contribution in [0.3, 0.4) is 0 Å². The number of ether oxygens (including phenoxy) is 4. The van der Waals surface area contributed by atoms with Crippen molar-refractivity contribution in [2.45, 2.75) is 37.3 Å². The minimum Gasteiger partial charge on any atom is -0.481 e. The lowest BCUT2D eigenvalue weighted by Crippen LogP contribution is -2.34.